The minimum absolute atomic E-state index is 0.0703. The highest BCUT2D eigenvalue weighted by Gasteiger charge is 2.37. The monoisotopic (exact) mass is 805 g/mol. The lowest BCUT2D eigenvalue weighted by molar-refractivity contribution is -0.159. The van der Waals surface area contributed by atoms with Gasteiger partial charge in [0, 0.05) is 18.9 Å². The normalized spacial score (nSPS) is 17.1. The molecule has 4 atom stereocenters. The van der Waals surface area contributed by atoms with Crippen LogP contribution in [0.15, 0.2) is 36.4 Å². The summed E-state index contributed by atoms with van der Waals surface area (Å²) in [6.45, 7) is 5.04. The smallest absolute Gasteiger partial charge is 0.345 e. The summed E-state index contributed by atoms with van der Waals surface area (Å²) in [6, 6.07) is 5.35. The first-order valence-corrected chi connectivity index (χ1v) is 17.9. The van der Waals surface area contributed by atoms with Gasteiger partial charge in [-0.15, -0.1) is 0 Å². The fourth-order valence-electron chi connectivity index (χ4n) is 5.19. The number of aromatic nitrogens is 1. The maximum absolute atomic E-state index is 13.6. The standard InChI is InChI=1S/C35H44Cl3F2N5O8/c1-19(2)28(29(47)42-27(17-51-33(39)40)30(48)45-15-7-8-25(44-45)31(49)52-18-35(36,37)38)43-32(50)34(5,6)14-13-22-9-10-23-11-12-24(41-26(23)16-22)20(3)53-21(4)46/h9-14,16,19-20,25,27-28,33,44H,7-8,15,17-18H2,1-6H3,(H,42,47)(H,43,50)/b14-13+/t20-,25+,27+,28+/m1/s1. The summed E-state index contributed by atoms with van der Waals surface area (Å²) in [7, 11) is 0. The third kappa shape index (κ3) is 13.6. The Morgan fingerprint density at radius 1 is 1.08 bits per heavy atom. The second kappa shape index (κ2) is 19.1. The van der Waals surface area contributed by atoms with E-state index in [0.717, 1.165) is 16.0 Å². The molecule has 0 saturated carbocycles. The van der Waals surface area contributed by atoms with Gasteiger partial charge in [-0.2, -0.15) is 8.78 Å². The van der Waals surface area contributed by atoms with Crippen molar-refractivity contribution in [3.05, 3.63) is 47.7 Å². The molecule has 13 nitrogen and oxygen atoms in total. The molecule has 1 aliphatic heterocycles. The fourth-order valence-corrected chi connectivity index (χ4v) is 5.36. The predicted octanol–water partition coefficient (Wildman–Crippen LogP) is 5.17. The van der Waals surface area contributed by atoms with Gasteiger partial charge in [-0.1, -0.05) is 79.0 Å². The lowest BCUT2D eigenvalue weighted by Crippen LogP contribution is -2.62. The summed E-state index contributed by atoms with van der Waals surface area (Å²) in [5, 5.41) is 7.01. The van der Waals surface area contributed by atoms with E-state index in [4.69, 9.17) is 44.3 Å². The minimum Gasteiger partial charge on any atom is -0.460 e. The Morgan fingerprint density at radius 2 is 1.75 bits per heavy atom. The van der Waals surface area contributed by atoms with E-state index in [1.54, 1.807) is 52.8 Å². The average Bonchev–Trinajstić information content (AvgIpc) is 3.08. The second-order valence-electron chi connectivity index (χ2n) is 13.4. The first-order chi connectivity index (χ1) is 24.7. The van der Waals surface area contributed by atoms with Crippen molar-refractivity contribution < 1.29 is 47.0 Å². The van der Waals surface area contributed by atoms with Crippen LogP contribution in [-0.2, 0) is 38.2 Å². The number of pyridine rings is 1. The number of nitrogens with zero attached hydrogens (tertiary/aromatic N) is 2. The molecular weight excluding hydrogens is 763 g/mol. The van der Waals surface area contributed by atoms with Crippen LogP contribution in [0, 0.1) is 11.3 Å². The van der Waals surface area contributed by atoms with Gasteiger partial charge < -0.3 is 24.8 Å². The Morgan fingerprint density at radius 3 is 2.38 bits per heavy atom. The zero-order valence-corrected chi connectivity index (χ0v) is 32.4. The van der Waals surface area contributed by atoms with Gasteiger partial charge in [0.2, 0.25) is 15.6 Å². The highest BCUT2D eigenvalue weighted by atomic mass is 35.6. The van der Waals surface area contributed by atoms with Crippen molar-refractivity contribution in [1.82, 2.24) is 26.1 Å². The Labute approximate surface area is 321 Å². The van der Waals surface area contributed by atoms with Crippen LogP contribution in [0.1, 0.15) is 71.7 Å². The summed E-state index contributed by atoms with van der Waals surface area (Å²) in [4.78, 5) is 69.1. The number of ether oxygens (including phenoxy) is 3. The summed E-state index contributed by atoms with van der Waals surface area (Å²) in [5.74, 6) is -3.94. The molecule has 1 fully saturated rings. The lowest BCUT2D eigenvalue weighted by Gasteiger charge is -2.35. The highest BCUT2D eigenvalue weighted by Crippen LogP contribution is 2.27. The lowest BCUT2D eigenvalue weighted by atomic mass is 9.89. The van der Waals surface area contributed by atoms with Gasteiger partial charge in [0.05, 0.1) is 23.2 Å². The first-order valence-electron chi connectivity index (χ1n) is 16.8. The Bertz CT molecular complexity index is 1670. The van der Waals surface area contributed by atoms with Crippen LogP contribution < -0.4 is 16.1 Å². The maximum Gasteiger partial charge on any atom is 0.345 e. The van der Waals surface area contributed by atoms with Gasteiger partial charge in [-0.3, -0.25) is 29.0 Å². The van der Waals surface area contributed by atoms with Gasteiger partial charge in [0.15, 0.2) is 0 Å². The van der Waals surface area contributed by atoms with Crippen LogP contribution in [0.5, 0.6) is 0 Å². The largest absolute Gasteiger partial charge is 0.460 e. The number of carbonyl (C=O) groups is 5. The summed E-state index contributed by atoms with van der Waals surface area (Å²) in [5.41, 5.74) is 3.48. The van der Waals surface area contributed by atoms with Crippen LogP contribution >= 0.6 is 34.8 Å². The molecule has 3 amide bonds. The first kappa shape index (κ1) is 43.8. The number of fused-ring (bicyclic) bond motifs is 1. The molecule has 3 rings (SSSR count). The molecule has 18 heteroatoms. The number of amides is 3. The van der Waals surface area contributed by atoms with E-state index >= 15 is 0 Å². The molecule has 0 aliphatic carbocycles. The molecule has 1 saturated heterocycles. The molecule has 53 heavy (non-hydrogen) atoms. The molecular formula is C35H44Cl3F2N5O8. The maximum atomic E-state index is 13.6. The molecule has 1 aromatic carbocycles. The summed E-state index contributed by atoms with van der Waals surface area (Å²) < 4.78 is 38.9. The molecule has 2 heterocycles. The molecule has 0 bridgehead atoms. The van der Waals surface area contributed by atoms with E-state index in [0.29, 0.717) is 17.6 Å². The van der Waals surface area contributed by atoms with E-state index < -0.39 is 88.8 Å². The number of carbonyl (C=O) groups excluding carboxylic acids is 5. The molecule has 1 aromatic heterocycles. The van der Waals surface area contributed by atoms with Gasteiger partial charge >= 0.3 is 18.6 Å². The van der Waals surface area contributed by atoms with Crippen molar-refractivity contribution in [3.63, 3.8) is 0 Å². The van der Waals surface area contributed by atoms with Crippen LogP contribution in [0.2, 0.25) is 0 Å². The molecule has 2 aromatic rings. The van der Waals surface area contributed by atoms with Gasteiger partial charge in [-0.05, 0) is 57.2 Å². The van der Waals surface area contributed by atoms with E-state index in [-0.39, 0.29) is 13.0 Å². The number of rotatable bonds is 15. The number of hydrazine groups is 1. The molecule has 3 N–H and O–H groups in total. The van der Waals surface area contributed by atoms with E-state index in [1.807, 2.05) is 24.3 Å². The number of hydrogen-bond donors (Lipinski definition) is 3. The number of halogens is 5. The van der Waals surface area contributed by atoms with Crippen molar-refractivity contribution in [3.8, 4) is 0 Å². The van der Waals surface area contributed by atoms with E-state index in [2.05, 4.69) is 25.8 Å². The average molecular weight is 807 g/mol. The van der Waals surface area contributed by atoms with E-state index in [9.17, 15) is 32.8 Å². The van der Waals surface area contributed by atoms with Crippen molar-refractivity contribution in [1.29, 1.82) is 0 Å². The number of alkyl halides is 5. The third-order valence-corrected chi connectivity index (χ3v) is 8.46. The summed E-state index contributed by atoms with van der Waals surface area (Å²) in [6.07, 6.45) is 3.43. The number of benzene rings is 1. The van der Waals surface area contributed by atoms with Gasteiger partial charge in [0.1, 0.15) is 30.8 Å². The molecule has 292 valence electrons. The number of nitrogens with one attached hydrogen (secondary N) is 3. The van der Waals surface area contributed by atoms with Crippen LogP contribution in [0.3, 0.4) is 0 Å². The van der Waals surface area contributed by atoms with Crippen LogP contribution in [0.25, 0.3) is 17.0 Å². The molecule has 0 unspecified atom stereocenters. The van der Waals surface area contributed by atoms with E-state index in [1.165, 1.54) is 6.92 Å². The SMILES string of the molecule is CC(=O)O[C@H](C)c1ccc2ccc(/C=C/C(C)(C)C(=O)N[C@H](C(=O)N[C@@H](COC(F)F)C(=O)N3CCC[C@@H](C(=O)OCC(Cl)(Cl)Cl)N3)C(C)C)cc2n1. The Hall–Kier alpha value is -3.63. The number of hydrogen-bond acceptors (Lipinski definition) is 10. The van der Waals surface area contributed by atoms with Gasteiger partial charge in [-0.25, -0.2) is 10.4 Å². The Kier molecular flexibility index (Phi) is 15.8. The highest BCUT2D eigenvalue weighted by molar-refractivity contribution is 6.67. The predicted molar refractivity (Wildman–Crippen MR) is 195 cm³/mol. The van der Waals surface area contributed by atoms with Crippen LogP contribution in [0.4, 0.5) is 8.78 Å². The third-order valence-electron chi connectivity index (χ3n) is 8.13. The molecule has 0 spiro atoms. The fraction of sp³-hybridized carbons (Fsp3) is 0.543. The topological polar surface area (TPSA) is 165 Å². The molecule has 0 radical (unpaired) electrons. The summed E-state index contributed by atoms with van der Waals surface area (Å²) >= 11 is 16.9. The van der Waals surface area contributed by atoms with Crippen molar-refractivity contribution in [2.75, 3.05) is 19.8 Å². The van der Waals surface area contributed by atoms with Crippen molar-refractivity contribution in [2.24, 2.45) is 11.3 Å². The molecule has 1 aliphatic rings. The van der Waals surface area contributed by atoms with Crippen LogP contribution in [-0.4, -0.2) is 87.9 Å². The number of esters is 2. The minimum atomic E-state index is -3.25. The zero-order valence-electron chi connectivity index (χ0n) is 30.1. The van der Waals surface area contributed by atoms with Crippen molar-refractivity contribution >= 4 is 81.4 Å². The van der Waals surface area contributed by atoms with Gasteiger partial charge in [0.25, 0.3) is 5.91 Å². The zero-order chi connectivity index (χ0) is 39.7. The Balaban J connectivity index is 1.72. The second-order valence-corrected chi connectivity index (χ2v) is 15.9. The quantitative estimate of drug-likeness (QED) is 0.162. The van der Waals surface area contributed by atoms with Crippen molar-refractivity contribution in [2.45, 2.75) is 89.0 Å².